The molecule has 5 rings (SSSR count). The van der Waals surface area contributed by atoms with Crippen molar-refractivity contribution in [3.8, 4) is 0 Å². The molecule has 0 heterocycles. The van der Waals surface area contributed by atoms with Crippen LogP contribution in [0.15, 0.2) is 23.3 Å². The molecule has 7 atom stereocenters. The quantitative estimate of drug-likeness (QED) is 0.325. The number of unbranched alkanes of at least 4 members (excludes halogenated alkanes) is 2. The van der Waals surface area contributed by atoms with Crippen LogP contribution in [0.1, 0.15) is 126 Å². The molecule has 2 nitrogen and oxygen atoms in total. The fourth-order valence-corrected chi connectivity index (χ4v) is 10.5. The molecule has 2 N–H and O–H groups in total. The van der Waals surface area contributed by atoms with Crippen LogP contribution in [0, 0.1) is 45.3 Å². The van der Waals surface area contributed by atoms with Gasteiger partial charge in [0.1, 0.15) is 0 Å². The van der Waals surface area contributed by atoms with Crippen LogP contribution in [0.4, 0.5) is 0 Å². The second kappa shape index (κ2) is 8.31. The SMILES string of the molecule is CCCCCC1=CC(C)(C)C2CCC3(C)C(=CC(=O)C4C5CC(C)(C)CCC5(N)CCC43)C2(C)C1. The first-order valence-electron chi connectivity index (χ1n) is 15.0. The molecule has 0 aromatic heterocycles. The van der Waals surface area contributed by atoms with E-state index in [-0.39, 0.29) is 27.7 Å². The smallest absolute Gasteiger partial charge is 0.159 e. The Bertz CT molecular complexity index is 939. The van der Waals surface area contributed by atoms with Gasteiger partial charge < -0.3 is 5.73 Å². The van der Waals surface area contributed by atoms with Gasteiger partial charge in [-0.2, -0.15) is 0 Å². The Morgan fingerprint density at radius 1 is 0.914 bits per heavy atom. The third-order valence-electron chi connectivity index (χ3n) is 12.1. The molecule has 2 heteroatoms. The fourth-order valence-electron chi connectivity index (χ4n) is 10.5. The van der Waals surface area contributed by atoms with E-state index in [1.54, 1.807) is 5.57 Å². The summed E-state index contributed by atoms with van der Waals surface area (Å²) < 4.78 is 0. The lowest BCUT2D eigenvalue weighted by molar-refractivity contribution is -0.138. The van der Waals surface area contributed by atoms with Crippen LogP contribution in [-0.4, -0.2) is 11.3 Å². The zero-order chi connectivity index (χ0) is 25.4. The largest absolute Gasteiger partial charge is 0.325 e. The summed E-state index contributed by atoms with van der Waals surface area (Å²) in [6, 6.07) is 0. The molecule has 0 saturated heterocycles. The summed E-state index contributed by atoms with van der Waals surface area (Å²) in [6.07, 6.45) is 19.3. The van der Waals surface area contributed by atoms with Gasteiger partial charge in [-0.25, -0.2) is 0 Å². The van der Waals surface area contributed by atoms with Crippen LogP contribution >= 0.6 is 0 Å². The van der Waals surface area contributed by atoms with Gasteiger partial charge in [0.2, 0.25) is 0 Å². The number of allylic oxidation sites excluding steroid dienone is 4. The molecule has 7 unspecified atom stereocenters. The lowest BCUT2D eigenvalue weighted by atomic mass is 9.39. The normalized spacial score (nSPS) is 45.9. The zero-order valence-electron chi connectivity index (χ0n) is 23.9. The molecule has 0 radical (unpaired) electrons. The van der Waals surface area contributed by atoms with Gasteiger partial charge in [-0.05, 0) is 110 Å². The van der Waals surface area contributed by atoms with Crippen molar-refractivity contribution in [2.24, 2.45) is 51.1 Å². The molecule has 5 aliphatic carbocycles. The average molecular weight is 480 g/mol. The predicted octanol–water partition coefficient (Wildman–Crippen LogP) is 8.40. The minimum Gasteiger partial charge on any atom is -0.325 e. The van der Waals surface area contributed by atoms with Crippen molar-refractivity contribution >= 4 is 5.78 Å². The minimum absolute atomic E-state index is 0.108. The number of nitrogens with two attached hydrogens (primary N) is 1. The number of hydrogen-bond donors (Lipinski definition) is 1. The van der Waals surface area contributed by atoms with E-state index in [4.69, 9.17) is 5.73 Å². The Hall–Kier alpha value is -0.890. The highest BCUT2D eigenvalue weighted by molar-refractivity contribution is 5.95. The van der Waals surface area contributed by atoms with Crippen molar-refractivity contribution in [3.05, 3.63) is 23.3 Å². The van der Waals surface area contributed by atoms with E-state index in [0.717, 1.165) is 32.1 Å². The summed E-state index contributed by atoms with van der Waals surface area (Å²) in [6.45, 7) is 17.1. The summed E-state index contributed by atoms with van der Waals surface area (Å²) in [4.78, 5) is 14.2. The zero-order valence-corrected chi connectivity index (χ0v) is 23.9. The number of hydrogen-bond acceptors (Lipinski definition) is 2. The topological polar surface area (TPSA) is 43.1 Å². The standard InChI is InChI=1S/C33H53NO/c1-8-9-10-11-22-19-30(4,5)26-13-14-31(6)23-12-15-33(34)17-16-29(2,3)21-24(33)28(23)25(35)18-27(31)32(26,7)20-22/h18-19,23-24,26,28H,8-17,20-21,34H2,1-7H3. The highest BCUT2D eigenvalue weighted by Gasteiger charge is 2.64. The first kappa shape index (κ1) is 25.7. The lowest BCUT2D eigenvalue weighted by Crippen LogP contribution is -2.64. The van der Waals surface area contributed by atoms with Gasteiger partial charge in [0.05, 0.1) is 0 Å². The lowest BCUT2D eigenvalue weighted by Gasteiger charge is -2.65. The molecule has 35 heavy (non-hydrogen) atoms. The summed E-state index contributed by atoms with van der Waals surface area (Å²) in [7, 11) is 0. The predicted molar refractivity (Wildman–Crippen MR) is 147 cm³/mol. The van der Waals surface area contributed by atoms with E-state index in [9.17, 15) is 4.79 Å². The van der Waals surface area contributed by atoms with Crippen molar-refractivity contribution in [2.75, 3.05) is 0 Å². The van der Waals surface area contributed by atoms with Gasteiger partial charge in [0, 0.05) is 11.5 Å². The van der Waals surface area contributed by atoms with Crippen molar-refractivity contribution in [1.82, 2.24) is 0 Å². The maximum absolute atomic E-state index is 14.2. The maximum atomic E-state index is 14.2. The van der Waals surface area contributed by atoms with Crippen molar-refractivity contribution in [3.63, 3.8) is 0 Å². The van der Waals surface area contributed by atoms with E-state index < -0.39 is 0 Å². The van der Waals surface area contributed by atoms with Gasteiger partial charge in [0.25, 0.3) is 0 Å². The minimum atomic E-state index is -0.128. The molecular weight excluding hydrogens is 426 g/mol. The Balaban J connectivity index is 1.54. The van der Waals surface area contributed by atoms with Crippen LogP contribution in [0.2, 0.25) is 0 Å². The molecule has 0 aliphatic heterocycles. The Morgan fingerprint density at radius 3 is 2.37 bits per heavy atom. The summed E-state index contributed by atoms with van der Waals surface area (Å²) >= 11 is 0. The van der Waals surface area contributed by atoms with Crippen LogP contribution < -0.4 is 5.73 Å². The molecule has 0 aromatic rings. The number of rotatable bonds is 4. The Kier molecular flexibility index (Phi) is 6.11. The molecule has 0 amide bonds. The highest BCUT2D eigenvalue weighted by Crippen LogP contribution is 2.70. The second-order valence-electron chi connectivity index (χ2n) is 15.5. The van der Waals surface area contributed by atoms with Gasteiger partial charge >= 0.3 is 0 Å². The number of carbonyl (C=O) groups excluding carboxylic acids is 1. The van der Waals surface area contributed by atoms with Gasteiger partial charge in [0.15, 0.2) is 5.78 Å². The molecule has 3 saturated carbocycles. The van der Waals surface area contributed by atoms with Crippen LogP contribution in [0.3, 0.4) is 0 Å². The monoisotopic (exact) mass is 479 g/mol. The van der Waals surface area contributed by atoms with E-state index in [0.29, 0.717) is 29.0 Å². The van der Waals surface area contributed by atoms with Crippen LogP contribution in [0.5, 0.6) is 0 Å². The molecule has 0 aromatic carbocycles. The van der Waals surface area contributed by atoms with Crippen molar-refractivity contribution < 1.29 is 4.79 Å². The van der Waals surface area contributed by atoms with Crippen LogP contribution in [-0.2, 0) is 4.79 Å². The first-order valence-corrected chi connectivity index (χ1v) is 15.0. The van der Waals surface area contributed by atoms with Gasteiger partial charge in [-0.15, -0.1) is 0 Å². The molecule has 0 bridgehead atoms. The Morgan fingerprint density at radius 2 is 1.66 bits per heavy atom. The van der Waals surface area contributed by atoms with Crippen molar-refractivity contribution in [1.29, 1.82) is 0 Å². The fraction of sp³-hybridized carbons (Fsp3) is 0.848. The summed E-state index contributed by atoms with van der Waals surface area (Å²) in [5, 5.41) is 0. The highest BCUT2D eigenvalue weighted by atomic mass is 16.1. The van der Waals surface area contributed by atoms with Gasteiger partial charge in [-0.1, -0.05) is 78.5 Å². The van der Waals surface area contributed by atoms with E-state index >= 15 is 0 Å². The number of carbonyl (C=O) groups is 1. The van der Waals surface area contributed by atoms with E-state index in [1.165, 1.54) is 50.5 Å². The maximum Gasteiger partial charge on any atom is 0.159 e. The van der Waals surface area contributed by atoms with Crippen molar-refractivity contribution in [2.45, 2.75) is 131 Å². The molecule has 196 valence electrons. The van der Waals surface area contributed by atoms with Gasteiger partial charge in [-0.3, -0.25) is 4.79 Å². The number of ketones is 1. The average Bonchev–Trinajstić information content (AvgIpc) is 2.74. The summed E-state index contributed by atoms with van der Waals surface area (Å²) in [5.74, 6) is 2.02. The number of fused-ring (bicyclic) bond motifs is 7. The first-order chi connectivity index (χ1) is 16.3. The molecular formula is C33H53NO. The third-order valence-corrected chi connectivity index (χ3v) is 12.1. The Labute approximate surface area is 216 Å². The molecule has 0 spiro atoms. The summed E-state index contributed by atoms with van der Waals surface area (Å²) in [5.41, 5.74) is 10.9. The second-order valence-corrected chi connectivity index (χ2v) is 15.5. The van der Waals surface area contributed by atoms with E-state index in [2.05, 4.69) is 60.6 Å². The van der Waals surface area contributed by atoms with E-state index in [1.807, 2.05) is 0 Å². The molecule has 3 fully saturated rings. The third kappa shape index (κ3) is 3.95. The molecule has 5 aliphatic rings. The van der Waals surface area contributed by atoms with Crippen LogP contribution in [0.25, 0.3) is 0 Å².